The summed E-state index contributed by atoms with van der Waals surface area (Å²) in [5.41, 5.74) is 2.21. The largest absolute Gasteiger partial charge is 0.472 e. The van der Waals surface area contributed by atoms with Crippen molar-refractivity contribution < 1.29 is 18.7 Å². The maximum absolute atomic E-state index is 12.2. The normalized spacial score (nSPS) is 15.8. The van der Waals surface area contributed by atoms with E-state index < -0.39 is 6.09 Å². The molecule has 8 heteroatoms. The van der Waals surface area contributed by atoms with Crippen molar-refractivity contribution in [3.05, 3.63) is 46.2 Å². The molecule has 0 saturated heterocycles. The second-order valence-corrected chi connectivity index (χ2v) is 7.10. The Labute approximate surface area is 160 Å². The molecule has 0 spiro atoms. The number of nitrogens with one attached hydrogen (secondary N) is 2. The van der Waals surface area contributed by atoms with Gasteiger partial charge in [0.15, 0.2) is 0 Å². The molecule has 0 aromatic carbocycles. The SMILES string of the molecule is CCNC(=O)OC1CCc2c(sc(NC(=O)C=Cc3ccoc3)c2C#N)C1. The Morgan fingerprint density at radius 3 is 3.07 bits per heavy atom. The summed E-state index contributed by atoms with van der Waals surface area (Å²) >= 11 is 1.36. The number of fused-ring (bicyclic) bond motifs is 1. The number of anilines is 1. The number of hydrogen-bond acceptors (Lipinski definition) is 6. The van der Waals surface area contributed by atoms with Gasteiger partial charge >= 0.3 is 6.09 Å². The van der Waals surface area contributed by atoms with E-state index in [-0.39, 0.29) is 12.0 Å². The van der Waals surface area contributed by atoms with Crippen LogP contribution in [0.1, 0.15) is 34.9 Å². The summed E-state index contributed by atoms with van der Waals surface area (Å²) in [6, 6.07) is 3.93. The number of alkyl carbamates (subject to hydrolysis) is 1. The number of rotatable bonds is 5. The third-order valence-electron chi connectivity index (χ3n) is 4.13. The Morgan fingerprint density at radius 2 is 2.37 bits per heavy atom. The Balaban J connectivity index is 1.69. The lowest BCUT2D eigenvalue weighted by atomic mass is 9.94. The topological polar surface area (TPSA) is 104 Å². The molecule has 0 radical (unpaired) electrons. The van der Waals surface area contributed by atoms with Crippen LogP contribution < -0.4 is 10.6 Å². The summed E-state index contributed by atoms with van der Waals surface area (Å²) in [6.07, 6.45) is 7.27. The number of carbonyl (C=O) groups is 2. The number of nitriles is 1. The molecule has 1 aliphatic rings. The van der Waals surface area contributed by atoms with Gasteiger partial charge in [-0.15, -0.1) is 11.3 Å². The molecule has 0 fully saturated rings. The first kappa shape index (κ1) is 18.7. The van der Waals surface area contributed by atoms with Crippen LogP contribution in [0.5, 0.6) is 0 Å². The molecule has 1 aliphatic carbocycles. The van der Waals surface area contributed by atoms with Crippen LogP contribution >= 0.6 is 11.3 Å². The van der Waals surface area contributed by atoms with Crippen LogP contribution in [0.2, 0.25) is 0 Å². The summed E-state index contributed by atoms with van der Waals surface area (Å²) in [7, 11) is 0. The Hall–Kier alpha value is -3.05. The fourth-order valence-electron chi connectivity index (χ4n) is 2.90. The van der Waals surface area contributed by atoms with Crippen LogP contribution in [0.25, 0.3) is 6.08 Å². The lowest BCUT2D eigenvalue weighted by Gasteiger charge is -2.22. The molecule has 1 atom stereocenters. The summed E-state index contributed by atoms with van der Waals surface area (Å²) in [5.74, 6) is -0.318. The number of thiophene rings is 1. The van der Waals surface area contributed by atoms with Crippen molar-refractivity contribution in [2.75, 3.05) is 11.9 Å². The van der Waals surface area contributed by atoms with E-state index in [1.165, 1.54) is 29.9 Å². The van der Waals surface area contributed by atoms with Crippen molar-refractivity contribution in [1.82, 2.24) is 5.32 Å². The van der Waals surface area contributed by atoms with Crippen molar-refractivity contribution in [3.8, 4) is 6.07 Å². The number of nitrogens with zero attached hydrogens (tertiary/aromatic N) is 1. The van der Waals surface area contributed by atoms with Gasteiger partial charge in [-0.1, -0.05) is 0 Å². The molecular formula is C19H19N3O4S. The van der Waals surface area contributed by atoms with Crippen molar-refractivity contribution in [3.63, 3.8) is 0 Å². The van der Waals surface area contributed by atoms with Gasteiger partial charge in [0.1, 0.15) is 17.2 Å². The summed E-state index contributed by atoms with van der Waals surface area (Å²) in [6.45, 7) is 2.34. The maximum Gasteiger partial charge on any atom is 0.407 e. The van der Waals surface area contributed by atoms with Crippen LogP contribution in [0.4, 0.5) is 9.80 Å². The smallest absolute Gasteiger partial charge is 0.407 e. The third-order valence-corrected chi connectivity index (χ3v) is 5.30. The van der Waals surface area contributed by atoms with Crippen molar-refractivity contribution >= 4 is 34.4 Å². The molecule has 3 rings (SSSR count). The minimum Gasteiger partial charge on any atom is -0.472 e. The van der Waals surface area contributed by atoms with Gasteiger partial charge in [-0.25, -0.2) is 4.79 Å². The van der Waals surface area contributed by atoms with Crippen molar-refractivity contribution in [1.29, 1.82) is 5.26 Å². The van der Waals surface area contributed by atoms with Gasteiger partial charge in [0.25, 0.3) is 0 Å². The predicted molar refractivity (Wildman–Crippen MR) is 101 cm³/mol. The fraction of sp³-hybridized carbons (Fsp3) is 0.316. The van der Waals surface area contributed by atoms with Crippen LogP contribution in [0.3, 0.4) is 0 Å². The van der Waals surface area contributed by atoms with Crippen molar-refractivity contribution in [2.45, 2.75) is 32.3 Å². The van der Waals surface area contributed by atoms with E-state index in [4.69, 9.17) is 9.15 Å². The average molecular weight is 385 g/mol. The monoisotopic (exact) mass is 385 g/mol. The van der Waals surface area contributed by atoms with Gasteiger partial charge < -0.3 is 19.8 Å². The Morgan fingerprint density at radius 1 is 1.52 bits per heavy atom. The molecule has 2 N–H and O–H groups in total. The molecule has 0 aliphatic heterocycles. The highest BCUT2D eigenvalue weighted by Crippen LogP contribution is 2.38. The molecule has 1 unspecified atom stereocenters. The number of carbonyl (C=O) groups excluding carboxylic acids is 2. The molecule has 2 heterocycles. The van der Waals surface area contributed by atoms with Gasteiger partial charge in [-0.05, 0) is 37.5 Å². The van der Waals surface area contributed by atoms with Gasteiger partial charge in [0.2, 0.25) is 5.91 Å². The number of furan rings is 1. The van der Waals surface area contributed by atoms with Crippen LogP contribution in [-0.4, -0.2) is 24.6 Å². The van der Waals surface area contributed by atoms with Crippen LogP contribution in [0, 0.1) is 11.3 Å². The van der Waals surface area contributed by atoms with E-state index in [1.54, 1.807) is 12.1 Å². The van der Waals surface area contributed by atoms with E-state index in [2.05, 4.69) is 16.7 Å². The second kappa shape index (κ2) is 8.56. The lowest BCUT2D eigenvalue weighted by Crippen LogP contribution is -2.31. The summed E-state index contributed by atoms with van der Waals surface area (Å²) in [4.78, 5) is 24.7. The highest BCUT2D eigenvalue weighted by Gasteiger charge is 2.28. The zero-order valence-electron chi connectivity index (χ0n) is 14.8. The van der Waals surface area contributed by atoms with Gasteiger partial charge in [-0.2, -0.15) is 5.26 Å². The first-order valence-electron chi connectivity index (χ1n) is 8.61. The molecule has 7 nitrogen and oxygen atoms in total. The minimum atomic E-state index is -0.430. The molecule has 2 aromatic rings. The van der Waals surface area contributed by atoms with E-state index in [0.717, 1.165) is 16.0 Å². The Bertz CT molecular complexity index is 893. The molecule has 0 saturated carbocycles. The second-order valence-electron chi connectivity index (χ2n) is 6.00. The number of ether oxygens (including phenoxy) is 1. The first-order valence-corrected chi connectivity index (χ1v) is 9.42. The predicted octanol–water partition coefficient (Wildman–Crippen LogP) is 3.47. The van der Waals surface area contributed by atoms with Crippen molar-refractivity contribution in [2.24, 2.45) is 0 Å². The Kier molecular flexibility index (Phi) is 5.94. The molecular weight excluding hydrogens is 366 g/mol. The van der Waals surface area contributed by atoms with Gasteiger partial charge in [-0.3, -0.25) is 4.79 Å². The van der Waals surface area contributed by atoms with E-state index in [9.17, 15) is 14.9 Å². The molecule has 27 heavy (non-hydrogen) atoms. The molecule has 2 aromatic heterocycles. The van der Waals surface area contributed by atoms with Crippen LogP contribution in [0.15, 0.2) is 29.1 Å². The molecule has 2 amide bonds. The van der Waals surface area contributed by atoms with E-state index in [1.807, 2.05) is 6.92 Å². The lowest BCUT2D eigenvalue weighted by molar-refractivity contribution is -0.111. The standard InChI is InChI=1S/C19H19N3O4S/c1-2-21-19(24)26-13-4-5-14-15(10-20)18(27-16(14)9-13)22-17(23)6-3-12-7-8-25-11-12/h3,6-8,11,13H,2,4-5,9H2,1H3,(H,21,24)(H,22,23). The highest BCUT2D eigenvalue weighted by atomic mass is 32.1. The van der Waals surface area contributed by atoms with Gasteiger partial charge in [0.05, 0.1) is 18.1 Å². The quantitative estimate of drug-likeness (QED) is 0.767. The van der Waals surface area contributed by atoms with Crippen LogP contribution in [-0.2, 0) is 22.4 Å². The van der Waals surface area contributed by atoms with Gasteiger partial charge in [0, 0.05) is 29.5 Å². The molecule has 0 bridgehead atoms. The average Bonchev–Trinajstić information content (AvgIpc) is 3.26. The minimum absolute atomic E-state index is 0.223. The van der Waals surface area contributed by atoms with E-state index in [0.29, 0.717) is 36.4 Å². The first-order chi connectivity index (χ1) is 13.1. The van der Waals surface area contributed by atoms with E-state index >= 15 is 0 Å². The zero-order chi connectivity index (χ0) is 19.2. The highest BCUT2D eigenvalue weighted by molar-refractivity contribution is 7.16. The third kappa shape index (κ3) is 4.57. The fourth-order valence-corrected chi connectivity index (χ4v) is 4.16. The summed E-state index contributed by atoms with van der Waals surface area (Å²) in [5, 5.41) is 15.4. The molecule has 140 valence electrons. The number of hydrogen-bond donors (Lipinski definition) is 2. The summed E-state index contributed by atoms with van der Waals surface area (Å²) < 4.78 is 10.3. The zero-order valence-corrected chi connectivity index (χ0v) is 15.6. The number of amides is 2. The maximum atomic E-state index is 12.2.